The van der Waals surface area contributed by atoms with E-state index in [2.05, 4.69) is 4.72 Å². The maximum atomic E-state index is 12.3. The fourth-order valence-electron chi connectivity index (χ4n) is 2.84. The van der Waals surface area contributed by atoms with Gasteiger partial charge in [-0.15, -0.1) is 0 Å². The largest absolute Gasteiger partial charge is 0.326 e. The number of nitrogens with one attached hydrogen (secondary N) is 1. The van der Waals surface area contributed by atoms with E-state index in [0.29, 0.717) is 23.9 Å². The Labute approximate surface area is 121 Å². The monoisotopic (exact) mass is 296 g/mol. The highest BCUT2D eigenvalue weighted by Crippen LogP contribution is 2.27. The number of nitrogens with two attached hydrogens (primary N) is 1. The molecule has 0 amide bonds. The highest BCUT2D eigenvalue weighted by atomic mass is 32.2. The van der Waals surface area contributed by atoms with Crippen molar-refractivity contribution in [2.75, 3.05) is 6.54 Å². The van der Waals surface area contributed by atoms with Crippen molar-refractivity contribution in [3.8, 4) is 0 Å². The van der Waals surface area contributed by atoms with Gasteiger partial charge in [0.2, 0.25) is 10.0 Å². The molecule has 1 aromatic rings. The molecule has 1 saturated carbocycles. The lowest BCUT2D eigenvalue weighted by Crippen LogP contribution is -2.26. The molecule has 1 aliphatic rings. The van der Waals surface area contributed by atoms with Crippen molar-refractivity contribution in [1.29, 1.82) is 0 Å². The molecule has 0 spiro atoms. The second kappa shape index (κ2) is 6.70. The summed E-state index contributed by atoms with van der Waals surface area (Å²) >= 11 is 0. The Morgan fingerprint density at radius 2 is 2.00 bits per heavy atom. The number of sulfonamides is 1. The minimum atomic E-state index is -3.42. The molecule has 0 saturated heterocycles. The van der Waals surface area contributed by atoms with Crippen molar-refractivity contribution in [2.24, 2.45) is 11.7 Å². The minimum Gasteiger partial charge on any atom is -0.326 e. The molecule has 0 atom stereocenters. The van der Waals surface area contributed by atoms with Crippen LogP contribution in [0.5, 0.6) is 0 Å². The second-order valence-electron chi connectivity index (χ2n) is 5.64. The summed E-state index contributed by atoms with van der Waals surface area (Å²) in [6.07, 6.45) is 5.99. The van der Waals surface area contributed by atoms with Crippen LogP contribution in [-0.4, -0.2) is 15.0 Å². The van der Waals surface area contributed by atoms with Crippen LogP contribution in [0.1, 0.15) is 43.2 Å². The summed E-state index contributed by atoms with van der Waals surface area (Å²) in [6, 6.07) is 5.36. The molecule has 0 aromatic heterocycles. The van der Waals surface area contributed by atoms with Crippen LogP contribution in [0, 0.1) is 12.8 Å². The van der Waals surface area contributed by atoms with Gasteiger partial charge >= 0.3 is 0 Å². The fraction of sp³-hybridized carbons (Fsp3) is 0.600. The van der Waals surface area contributed by atoms with E-state index in [4.69, 9.17) is 5.73 Å². The van der Waals surface area contributed by atoms with Gasteiger partial charge < -0.3 is 5.73 Å². The lowest BCUT2D eigenvalue weighted by atomic mass is 10.1. The van der Waals surface area contributed by atoms with Crippen molar-refractivity contribution < 1.29 is 8.42 Å². The number of benzene rings is 1. The Morgan fingerprint density at radius 3 is 2.65 bits per heavy atom. The van der Waals surface area contributed by atoms with Crippen LogP contribution in [0.2, 0.25) is 0 Å². The maximum absolute atomic E-state index is 12.3. The van der Waals surface area contributed by atoms with E-state index in [9.17, 15) is 8.42 Å². The summed E-state index contributed by atoms with van der Waals surface area (Å²) < 4.78 is 27.4. The smallest absolute Gasteiger partial charge is 0.240 e. The lowest BCUT2D eigenvalue weighted by Gasteiger charge is -2.12. The van der Waals surface area contributed by atoms with Gasteiger partial charge in [-0.2, -0.15) is 0 Å². The molecule has 112 valence electrons. The molecule has 0 aliphatic heterocycles. The molecule has 20 heavy (non-hydrogen) atoms. The molecule has 1 fully saturated rings. The van der Waals surface area contributed by atoms with E-state index in [-0.39, 0.29) is 0 Å². The molecule has 0 bridgehead atoms. The summed E-state index contributed by atoms with van der Waals surface area (Å²) in [5.41, 5.74) is 7.18. The average Bonchev–Trinajstić information content (AvgIpc) is 2.92. The molecule has 5 heteroatoms. The predicted molar refractivity (Wildman–Crippen MR) is 80.8 cm³/mol. The number of rotatable bonds is 6. The van der Waals surface area contributed by atoms with Gasteiger partial charge in [0.05, 0.1) is 4.90 Å². The van der Waals surface area contributed by atoms with E-state index < -0.39 is 10.0 Å². The first-order valence-corrected chi connectivity index (χ1v) is 8.80. The Kier molecular flexibility index (Phi) is 5.18. The Morgan fingerprint density at radius 1 is 1.30 bits per heavy atom. The van der Waals surface area contributed by atoms with E-state index in [1.165, 1.54) is 25.7 Å². The van der Waals surface area contributed by atoms with Crippen LogP contribution in [-0.2, 0) is 16.6 Å². The van der Waals surface area contributed by atoms with Crippen LogP contribution in [0.25, 0.3) is 0 Å². The van der Waals surface area contributed by atoms with Crippen molar-refractivity contribution in [3.05, 3.63) is 29.3 Å². The predicted octanol–water partition coefficient (Wildman–Crippen LogP) is 2.31. The topological polar surface area (TPSA) is 72.2 Å². The van der Waals surface area contributed by atoms with Gasteiger partial charge in [-0.3, -0.25) is 0 Å². The Hall–Kier alpha value is -0.910. The van der Waals surface area contributed by atoms with E-state index in [1.807, 2.05) is 19.1 Å². The number of aryl methyl sites for hydroxylation is 1. The molecular formula is C15H24N2O2S. The van der Waals surface area contributed by atoms with Crippen LogP contribution >= 0.6 is 0 Å². The van der Waals surface area contributed by atoms with Gasteiger partial charge in [-0.05, 0) is 36.5 Å². The van der Waals surface area contributed by atoms with Crippen LogP contribution in [0.4, 0.5) is 0 Å². The summed E-state index contributed by atoms with van der Waals surface area (Å²) in [4.78, 5) is 0.354. The Bertz CT molecular complexity index is 549. The van der Waals surface area contributed by atoms with Crippen molar-refractivity contribution in [1.82, 2.24) is 4.72 Å². The standard InChI is InChI=1S/C15H24N2O2S/c1-12-6-7-14(11-16)10-15(12)20(18,19)17-9-8-13-4-2-3-5-13/h6-7,10,13,17H,2-5,8-9,11,16H2,1H3. The highest BCUT2D eigenvalue weighted by Gasteiger charge is 2.19. The molecule has 0 heterocycles. The first kappa shape index (κ1) is 15.5. The first-order valence-electron chi connectivity index (χ1n) is 7.32. The third-order valence-electron chi connectivity index (χ3n) is 4.10. The molecular weight excluding hydrogens is 272 g/mol. The zero-order chi connectivity index (χ0) is 14.6. The molecule has 1 aliphatic carbocycles. The molecule has 0 unspecified atom stereocenters. The number of hydrogen-bond acceptors (Lipinski definition) is 3. The van der Waals surface area contributed by atoms with Crippen molar-refractivity contribution >= 4 is 10.0 Å². The maximum Gasteiger partial charge on any atom is 0.240 e. The number of hydrogen-bond donors (Lipinski definition) is 2. The molecule has 4 nitrogen and oxygen atoms in total. The summed E-state index contributed by atoms with van der Waals surface area (Å²) in [6.45, 7) is 2.69. The van der Waals surface area contributed by atoms with Gasteiger partial charge in [0.15, 0.2) is 0 Å². The molecule has 2 rings (SSSR count). The van der Waals surface area contributed by atoms with Gasteiger partial charge in [-0.1, -0.05) is 37.8 Å². The SMILES string of the molecule is Cc1ccc(CN)cc1S(=O)(=O)NCCC1CCCC1. The second-order valence-corrected chi connectivity index (χ2v) is 7.38. The zero-order valence-electron chi connectivity index (χ0n) is 12.1. The summed E-state index contributed by atoms with van der Waals surface area (Å²) in [5, 5.41) is 0. The van der Waals surface area contributed by atoms with Gasteiger partial charge in [-0.25, -0.2) is 13.1 Å². The van der Waals surface area contributed by atoms with Crippen LogP contribution < -0.4 is 10.5 Å². The van der Waals surface area contributed by atoms with E-state index >= 15 is 0 Å². The third kappa shape index (κ3) is 3.81. The Balaban J connectivity index is 2.01. The molecule has 0 radical (unpaired) electrons. The highest BCUT2D eigenvalue weighted by molar-refractivity contribution is 7.89. The van der Waals surface area contributed by atoms with E-state index in [0.717, 1.165) is 17.5 Å². The van der Waals surface area contributed by atoms with Crippen LogP contribution in [0.3, 0.4) is 0 Å². The minimum absolute atomic E-state index is 0.352. The fourth-order valence-corrected chi connectivity index (χ4v) is 4.18. The van der Waals surface area contributed by atoms with Gasteiger partial charge in [0, 0.05) is 13.1 Å². The van der Waals surface area contributed by atoms with Crippen molar-refractivity contribution in [3.63, 3.8) is 0 Å². The normalized spacial score (nSPS) is 16.7. The summed E-state index contributed by atoms with van der Waals surface area (Å²) in [7, 11) is -3.42. The molecule has 3 N–H and O–H groups in total. The zero-order valence-corrected chi connectivity index (χ0v) is 12.9. The van der Waals surface area contributed by atoms with Crippen LogP contribution in [0.15, 0.2) is 23.1 Å². The average molecular weight is 296 g/mol. The van der Waals surface area contributed by atoms with Crippen molar-refractivity contribution in [2.45, 2.75) is 50.5 Å². The lowest BCUT2D eigenvalue weighted by molar-refractivity contribution is 0.495. The molecule has 1 aromatic carbocycles. The van der Waals surface area contributed by atoms with E-state index in [1.54, 1.807) is 6.07 Å². The van der Waals surface area contributed by atoms with Gasteiger partial charge in [0.25, 0.3) is 0 Å². The summed E-state index contributed by atoms with van der Waals surface area (Å²) in [5.74, 6) is 0.689. The first-order chi connectivity index (χ1) is 9.53. The third-order valence-corrected chi connectivity index (χ3v) is 5.70. The van der Waals surface area contributed by atoms with Gasteiger partial charge in [0.1, 0.15) is 0 Å². The quantitative estimate of drug-likeness (QED) is 0.846.